The van der Waals surface area contributed by atoms with Crippen molar-refractivity contribution < 1.29 is 0 Å². The molecule has 4 rings (SSSR count). The largest absolute Gasteiger partial charge is 0.375 e. The molecule has 1 aromatic heterocycles. The summed E-state index contributed by atoms with van der Waals surface area (Å²) in [6.07, 6.45) is 4.71. The molecule has 2 aliphatic rings. The number of benzene rings is 1. The number of aromatic nitrogens is 1. The first-order valence-electron chi connectivity index (χ1n) is 7.59. The number of hydrogen-bond donors (Lipinski definition) is 1. The molecule has 1 fully saturated rings. The van der Waals surface area contributed by atoms with E-state index in [1.165, 1.54) is 35.6 Å². The monoisotopic (exact) mass is 300 g/mol. The predicted octanol–water partition coefficient (Wildman–Crippen LogP) is 2.96. The second-order valence-electron chi connectivity index (χ2n) is 5.96. The Morgan fingerprint density at radius 1 is 1.14 bits per heavy atom. The van der Waals surface area contributed by atoms with Crippen molar-refractivity contribution in [1.82, 2.24) is 4.98 Å². The van der Waals surface area contributed by atoms with Crippen LogP contribution in [0.3, 0.4) is 0 Å². The lowest BCUT2D eigenvalue weighted by Crippen LogP contribution is -2.41. The van der Waals surface area contributed by atoms with Gasteiger partial charge in [-0.15, -0.1) is 11.3 Å². The van der Waals surface area contributed by atoms with Crippen LogP contribution in [0.2, 0.25) is 0 Å². The Balaban J connectivity index is 1.58. The van der Waals surface area contributed by atoms with E-state index in [2.05, 4.69) is 39.0 Å². The van der Waals surface area contributed by atoms with Gasteiger partial charge in [0.1, 0.15) is 0 Å². The van der Waals surface area contributed by atoms with Crippen molar-refractivity contribution in [2.75, 3.05) is 35.2 Å². The fourth-order valence-corrected chi connectivity index (χ4v) is 3.73. The molecule has 1 aromatic carbocycles. The van der Waals surface area contributed by atoms with Crippen molar-refractivity contribution in [3.8, 4) is 0 Å². The molecule has 21 heavy (non-hydrogen) atoms. The third kappa shape index (κ3) is 2.70. The first-order chi connectivity index (χ1) is 10.3. The van der Waals surface area contributed by atoms with Gasteiger partial charge in [-0.05, 0) is 30.9 Å². The van der Waals surface area contributed by atoms with Crippen LogP contribution in [0.1, 0.15) is 17.7 Å². The van der Waals surface area contributed by atoms with Gasteiger partial charge in [-0.3, -0.25) is 0 Å². The number of hydrogen-bond acceptors (Lipinski definition) is 5. The van der Waals surface area contributed by atoms with Crippen molar-refractivity contribution in [2.45, 2.75) is 19.4 Å². The number of nitrogen functional groups attached to an aromatic ring is 1. The first kappa shape index (κ1) is 13.0. The zero-order valence-corrected chi connectivity index (χ0v) is 12.9. The van der Waals surface area contributed by atoms with E-state index in [-0.39, 0.29) is 0 Å². The topological polar surface area (TPSA) is 45.4 Å². The Bertz CT molecular complexity index is 635. The average molecular weight is 300 g/mol. The number of nitrogens with zero attached hydrogens (tertiary/aromatic N) is 3. The van der Waals surface area contributed by atoms with Crippen LogP contribution in [0.5, 0.6) is 0 Å². The van der Waals surface area contributed by atoms with Gasteiger partial charge in [-0.2, -0.15) is 0 Å². The fourth-order valence-electron chi connectivity index (χ4n) is 3.03. The van der Waals surface area contributed by atoms with Gasteiger partial charge in [-0.1, -0.05) is 12.1 Å². The highest BCUT2D eigenvalue weighted by atomic mass is 32.1. The molecular formula is C16H20N4S. The number of fused-ring (bicyclic) bond motifs is 1. The zero-order chi connectivity index (χ0) is 14.2. The van der Waals surface area contributed by atoms with Crippen LogP contribution < -0.4 is 15.5 Å². The van der Waals surface area contributed by atoms with Crippen molar-refractivity contribution in [3.05, 3.63) is 35.3 Å². The summed E-state index contributed by atoms with van der Waals surface area (Å²) in [4.78, 5) is 10.4. The van der Waals surface area contributed by atoms with Crippen LogP contribution in [0.15, 0.2) is 30.5 Å². The van der Waals surface area contributed by atoms with Gasteiger partial charge in [0.05, 0.1) is 17.9 Å². The summed E-state index contributed by atoms with van der Waals surface area (Å²) in [5.41, 5.74) is 8.47. The highest BCUT2D eigenvalue weighted by molar-refractivity contribution is 7.15. The number of thiazole rings is 1. The van der Waals surface area contributed by atoms with E-state index < -0.39 is 0 Å². The van der Waals surface area contributed by atoms with Gasteiger partial charge in [0.25, 0.3) is 0 Å². The summed E-state index contributed by atoms with van der Waals surface area (Å²) in [7, 11) is 0. The highest BCUT2D eigenvalue weighted by Crippen LogP contribution is 2.38. The van der Waals surface area contributed by atoms with Crippen LogP contribution in [0.25, 0.3) is 0 Å². The van der Waals surface area contributed by atoms with Crippen molar-refractivity contribution in [3.63, 3.8) is 0 Å². The lowest BCUT2D eigenvalue weighted by molar-refractivity contribution is 0.667. The molecule has 0 spiro atoms. The normalized spacial score (nSPS) is 17.9. The number of anilines is 3. The van der Waals surface area contributed by atoms with Crippen LogP contribution in [-0.2, 0) is 6.54 Å². The second kappa shape index (κ2) is 5.22. The van der Waals surface area contributed by atoms with E-state index >= 15 is 0 Å². The lowest BCUT2D eigenvalue weighted by Gasteiger charge is -2.38. The minimum absolute atomic E-state index is 0.658. The maximum Gasteiger partial charge on any atom is 0.180 e. The van der Waals surface area contributed by atoms with E-state index in [0.29, 0.717) is 5.13 Å². The molecule has 0 atom stereocenters. The molecule has 0 radical (unpaired) electrons. The van der Waals surface area contributed by atoms with E-state index in [1.54, 1.807) is 11.3 Å². The van der Waals surface area contributed by atoms with Gasteiger partial charge in [0.2, 0.25) is 0 Å². The van der Waals surface area contributed by atoms with Crippen LogP contribution >= 0.6 is 11.3 Å². The van der Waals surface area contributed by atoms with E-state index in [9.17, 15) is 0 Å². The average Bonchev–Trinajstić information content (AvgIpc) is 3.23. The maximum atomic E-state index is 5.74. The number of rotatable bonds is 4. The Morgan fingerprint density at radius 2 is 1.86 bits per heavy atom. The summed E-state index contributed by atoms with van der Waals surface area (Å²) in [6, 6.07) is 8.77. The van der Waals surface area contributed by atoms with Crippen molar-refractivity contribution in [1.29, 1.82) is 0 Å². The Labute approximate surface area is 129 Å². The molecular weight excluding hydrogens is 280 g/mol. The quantitative estimate of drug-likeness (QED) is 0.943. The Morgan fingerprint density at radius 3 is 2.52 bits per heavy atom. The molecule has 2 heterocycles. The first-order valence-corrected chi connectivity index (χ1v) is 8.40. The summed E-state index contributed by atoms with van der Waals surface area (Å²) in [5, 5.41) is 0.658. The van der Waals surface area contributed by atoms with Gasteiger partial charge >= 0.3 is 0 Å². The molecule has 0 saturated heterocycles. The summed E-state index contributed by atoms with van der Waals surface area (Å²) < 4.78 is 0. The minimum Gasteiger partial charge on any atom is -0.375 e. The molecule has 2 aromatic rings. The molecule has 1 aliphatic carbocycles. The standard InChI is InChI=1S/C16H20N4S/c17-16-18-9-13(21-16)11-20-8-7-19(10-12-5-6-12)14-3-1-2-4-15(14)20/h1-4,9,12H,5-8,10-11H2,(H2,17,18). The highest BCUT2D eigenvalue weighted by Gasteiger charge is 2.28. The molecule has 5 heteroatoms. The summed E-state index contributed by atoms with van der Waals surface area (Å²) >= 11 is 1.59. The van der Waals surface area contributed by atoms with E-state index in [1.807, 2.05) is 6.20 Å². The van der Waals surface area contributed by atoms with E-state index in [0.717, 1.165) is 25.6 Å². The zero-order valence-electron chi connectivity index (χ0n) is 12.0. The lowest BCUT2D eigenvalue weighted by atomic mass is 10.1. The van der Waals surface area contributed by atoms with Gasteiger partial charge in [0, 0.05) is 30.7 Å². The third-order valence-electron chi connectivity index (χ3n) is 4.30. The fraction of sp³-hybridized carbons (Fsp3) is 0.438. The predicted molar refractivity (Wildman–Crippen MR) is 89.0 cm³/mol. The van der Waals surface area contributed by atoms with Gasteiger partial charge < -0.3 is 15.5 Å². The van der Waals surface area contributed by atoms with Gasteiger partial charge in [-0.25, -0.2) is 4.98 Å². The Hall–Kier alpha value is -1.75. The van der Waals surface area contributed by atoms with Crippen molar-refractivity contribution in [2.24, 2.45) is 5.92 Å². The molecule has 0 unspecified atom stereocenters. The van der Waals surface area contributed by atoms with Crippen LogP contribution in [0, 0.1) is 5.92 Å². The Kier molecular flexibility index (Phi) is 3.22. The van der Waals surface area contributed by atoms with E-state index in [4.69, 9.17) is 5.73 Å². The molecule has 0 bridgehead atoms. The molecule has 1 saturated carbocycles. The summed E-state index contributed by atoms with van der Waals surface area (Å²) in [5.74, 6) is 0.922. The minimum atomic E-state index is 0.658. The third-order valence-corrected chi connectivity index (χ3v) is 5.11. The maximum absolute atomic E-state index is 5.74. The SMILES string of the molecule is Nc1ncc(CN2CCN(CC3CC3)c3ccccc32)s1. The molecule has 110 valence electrons. The molecule has 0 amide bonds. The van der Waals surface area contributed by atoms with Crippen LogP contribution in [-0.4, -0.2) is 24.6 Å². The smallest absolute Gasteiger partial charge is 0.180 e. The molecule has 2 N–H and O–H groups in total. The summed E-state index contributed by atoms with van der Waals surface area (Å²) in [6.45, 7) is 4.31. The van der Waals surface area contributed by atoms with Gasteiger partial charge in [0.15, 0.2) is 5.13 Å². The number of nitrogens with two attached hydrogens (primary N) is 1. The van der Waals surface area contributed by atoms with Crippen LogP contribution in [0.4, 0.5) is 16.5 Å². The van der Waals surface area contributed by atoms with Crippen molar-refractivity contribution >= 4 is 27.8 Å². The second-order valence-corrected chi connectivity index (χ2v) is 7.11. The molecule has 1 aliphatic heterocycles. The molecule has 4 nitrogen and oxygen atoms in total. The number of para-hydroxylation sites is 2.